The Kier molecular flexibility index (Phi) is 1.62. The number of para-hydroxylation sites is 1. The Labute approximate surface area is 86.1 Å². The molecule has 3 rings (SSSR count). The summed E-state index contributed by atoms with van der Waals surface area (Å²) in [5.41, 5.74) is 2.26. The molecule has 0 aliphatic carbocycles. The molecule has 1 heterocycles. The lowest BCUT2D eigenvalue weighted by Crippen LogP contribution is -1.76. The van der Waals surface area contributed by atoms with Gasteiger partial charge in [0.15, 0.2) is 0 Å². The van der Waals surface area contributed by atoms with Crippen molar-refractivity contribution in [1.29, 1.82) is 0 Å². The van der Waals surface area contributed by atoms with Crippen LogP contribution < -0.4 is 0 Å². The lowest BCUT2D eigenvalue weighted by atomic mass is 10.1. The molecule has 0 spiro atoms. The molecule has 2 nitrogen and oxygen atoms in total. The molecule has 3 aromatic rings. The van der Waals surface area contributed by atoms with Gasteiger partial charge in [0.25, 0.3) is 0 Å². The Hall–Kier alpha value is -2.09. The van der Waals surface area contributed by atoms with Gasteiger partial charge in [0.2, 0.25) is 0 Å². The highest BCUT2D eigenvalue weighted by molar-refractivity contribution is 6.05. The minimum atomic E-state index is 0.640. The normalized spacial score (nSPS) is 10.9. The average molecular weight is 196 g/mol. The molecule has 0 unspecified atom stereocenters. The van der Waals surface area contributed by atoms with Gasteiger partial charge in [-0.05, 0) is 18.2 Å². The minimum Gasteiger partial charge on any atom is -0.456 e. The maximum atomic E-state index is 10.6. The molecule has 0 radical (unpaired) electrons. The van der Waals surface area contributed by atoms with Gasteiger partial charge in [0, 0.05) is 16.3 Å². The highest BCUT2D eigenvalue weighted by Crippen LogP contribution is 2.28. The molecule has 0 aliphatic heterocycles. The molecule has 0 saturated heterocycles. The molecule has 0 fully saturated rings. The molecule has 0 atom stereocenters. The van der Waals surface area contributed by atoms with Crippen LogP contribution in [-0.4, -0.2) is 6.29 Å². The van der Waals surface area contributed by atoms with Crippen molar-refractivity contribution in [1.82, 2.24) is 0 Å². The van der Waals surface area contributed by atoms with E-state index in [0.717, 1.165) is 28.2 Å². The summed E-state index contributed by atoms with van der Waals surface area (Å²) >= 11 is 0. The Morgan fingerprint density at radius 3 is 2.60 bits per heavy atom. The van der Waals surface area contributed by atoms with Crippen molar-refractivity contribution in [2.24, 2.45) is 0 Å². The monoisotopic (exact) mass is 196 g/mol. The molecule has 2 heteroatoms. The topological polar surface area (TPSA) is 30.2 Å². The van der Waals surface area contributed by atoms with Crippen molar-refractivity contribution in [3.8, 4) is 0 Å². The van der Waals surface area contributed by atoms with Gasteiger partial charge in [-0.3, -0.25) is 4.79 Å². The van der Waals surface area contributed by atoms with Crippen LogP contribution in [0.25, 0.3) is 21.9 Å². The van der Waals surface area contributed by atoms with E-state index in [1.165, 1.54) is 0 Å². The van der Waals surface area contributed by atoms with E-state index in [1.54, 1.807) is 12.1 Å². The Bertz CT molecular complexity index is 650. The van der Waals surface area contributed by atoms with E-state index in [4.69, 9.17) is 4.42 Å². The number of benzene rings is 2. The van der Waals surface area contributed by atoms with Crippen LogP contribution >= 0.6 is 0 Å². The summed E-state index contributed by atoms with van der Waals surface area (Å²) in [5, 5.41) is 2.14. The van der Waals surface area contributed by atoms with Crippen LogP contribution in [0.2, 0.25) is 0 Å². The zero-order valence-corrected chi connectivity index (χ0v) is 7.94. The second-order valence-corrected chi connectivity index (χ2v) is 3.47. The number of furan rings is 1. The molecule has 1 aromatic heterocycles. The molecule has 72 valence electrons. The molecule has 0 saturated carbocycles. The fourth-order valence-electron chi connectivity index (χ4n) is 1.82. The number of carbonyl (C=O) groups is 1. The van der Waals surface area contributed by atoms with E-state index in [0.29, 0.717) is 5.56 Å². The summed E-state index contributed by atoms with van der Waals surface area (Å²) in [6.45, 7) is 0. The lowest BCUT2D eigenvalue weighted by Gasteiger charge is -1.89. The van der Waals surface area contributed by atoms with Crippen molar-refractivity contribution < 1.29 is 9.21 Å². The molecule has 0 bridgehead atoms. The maximum absolute atomic E-state index is 10.6. The van der Waals surface area contributed by atoms with Crippen LogP contribution in [0.15, 0.2) is 46.9 Å². The first-order chi connectivity index (χ1) is 7.38. The molecule has 0 aliphatic rings. The number of aldehydes is 1. The third kappa shape index (κ3) is 1.15. The predicted octanol–water partition coefficient (Wildman–Crippen LogP) is 3.40. The third-order valence-electron chi connectivity index (χ3n) is 2.54. The molecular weight excluding hydrogens is 188 g/mol. The Morgan fingerprint density at radius 2 is 1.73 bits per heavy atom. The first-order valence-corrected chi connectivity index (χ1v) is 4.75. The van der Waals surface area contributed by atoms with Crippen LogP contribution in [0.4, 0.5) is 0 Å². The summed E-state index contributed by atoms with van der Waals surface area (Å²) in [6.07, 6.45) is 0.826. The Morgan fingerprint density at radius 1 is 0.933 bits per heavy atom. The second-order valence-electron chi connectivity index (χ2n) is 3.47. The summed E-state index contributed by atoms with van der Waals surface area (Å²) in [6, 6.07) is 13.3. The van der Waals surface area contributed by atoms with Crippen LogP contribution in [0.1, 0.15) is 10.4 Å². The van der Waals surface area contributed by atoms with Crippen LogP contribution in [0.5, 0.6) is 0 Å². The SMILES string of the molecule is O=Cc1ccc2c(c1)oc1ccccc12. The molecule has 0 amide bonds. The van der Waals surface area contributed by atoms with E-state index < -0.39 is 0 Å². The van der Waals surface area contributed by atoms with Crippen LogP contribution in [0, 0.1) is 0 Å². The first kappa shape index (κ1) is 8.24. The summed E-state index contributed by atoms with van der Waals surface area (Å²) in [4.78, 5) is 10.6. The van der Waals surface area contributed by atoms with E-state index in [2.05, 4.69) is 0 Å². The third-order valence-corrected chi connectivity index (χ3v) is 2.54. The van der Waals surface area contributed by atoms with Gasteiger partial charge in [0.1, 0.15) is 17.5 Å². The van der Waals surface area contributed by atoms with Crippen molar-refractivity contribution in [3.05, 3.63) is 48.0 Å². The summed E-state index contributed by atoms with van der Waals surface area (Å²) in [5.74, 6) is 0. The summed E-state index contributed by atoms with van der Waals surface area (Å²) in [7, 11) is 0. The highest BCUT2D eigenvalue weighted by atomic mass is 16.3. The smallest absolute Gasteiger partial charge is 0.150 e. The molecule has 15 heavy (non-hydrogen) atoms. The zero-order chi connectivity index (χ0) is 10.3. The maximum Gasteiger partial charge on any atom is 0.150 e. The minimum absolute atomic E-state index is 0.640. The van der Waals surface area contributed by atoms with E-state index in [-0.39, 0.29) is 0 Å². The van der Waals surface area contributed by atoms with Gasteiger partial charge in [-0.15, -0.1) is 0 Å². The Balaban J connectivity index is 2.48. The fraction of sp³-hybridized carbons (Fsp3) is 0. The van der Waals surface area contributed by atoms with Crippen molar-refractivity contribution >= 4 is 28.2 Å². The number of hydrogen-bond acceptors (Lipinski definition) is 2. The average Bonchev–Trinajstić information content (AvgIpc) is 2.66. The van der Waals surface area contributed by atoms with Crippen LogP contribution in [-0.2, 0) is 0 Å². The fourth-order valence-corrected chi connectivity index (χ4v) is 1.82. The van der Waals surface area contributed by atoms with Gasteiger partial charge >= 0.3 is 0 Å². The first-order valence-electron chi connectivity index (χ1n) is 4.75. The second kappa shape index (κ2) is 2.95. The largest absolute Gasteiger partial charge is 0.456 e. The van der Waals surface area contributed by atoms with Gasteiger partial charge in [-0.2, -0.15) is 0 Å². The number of hydrogen-bond donors (Lipinski definition) is 0. The van der Waals surface area contributed by atoms with E-state index in [9.17, 15) is 4.79 Å². The predicted molar refractivity (Wildman–Crippen MR) is 59.1 cm³/mol. The van der Waals surface area contributed by atoms with Gasteiger partial charge in [-0.1, -0.05) is 24.3 Å². The number of fused-ring (bicyclic) bond motifs is 3. The summed E-state index contributed by atoms with van der Waals surface area (Å²) < 4.78 is 5.64. The lowest BCUT2D eigenvalue weighted by molar-refractivity contribution is 0.112. The number of carbonyl (C=O) groups excluding carboxylic acids is 1. The van der Waals surface area contributed by atoms with Gasteiger partial charge in [-0.25, -0.2) is 0 Å². The van der Waals surface area contributed by atoms with Gasteiger partial charge < -0.3 is 4.42 Å². The highest BCUT2D eigenvalue weighted by Gasteiger charge is 2.05. The van der Waals surface area contributed by atoms with Gasteiger partial charge in [0.05, 0.1) is 0 Å². The quantitative estimate of drug-likeness (QED) is 0.558. The molecular formula is C13H8O2. The van der Waals surface area contributed by atoms with E-state index >= 15 is 0 Å². The number of rotatable bonds is 1. The molecule has 2 aromatic carbocycles. The van der Waals surface area contributed by atoms with Crippen molar-refractivity contribution in [2.75, 3.05) is 0 Å². The molecule has 0 N–H and O–H groups in total. The van der Waals surface area contributed by atoms with Crippen LogP contribution in [0.3, 0.4) is 0 Å². The van der Waals surface area contributed by atoms with E-state index in [1.807, 2.05) is 30.3 Å². The van der Waals surface area contributed by atoms with Crippen molar-refractivity contribution in [2.45, 2.75) is 0 Å². The van der Waals surface area contributed by atoms with Crippen molar-refractivity contribution in [3.63, 3.8) is 0 Å². The zero-order valence-electron chi connectivity index (χ0n) is 7.94. The standard InChI is InChI=1S/C13H8O2/c14-8-9-5-6-11-10-3-1-2-4-12(10)15-13(11)7-9/h1-8H.